The van der Waals surface area contributed by atoms with Gasteiger partial charge in [0.2, 0.25) is 0 Å². The maximum absolute atomic E-state index is 6.33. The minimum absolute atomic E-state index is 0.512. The topological polar surface area (TPSA) is 16.4 Å². The molecule has 2 nitrogen and oxygen atoms in total. The highest BCUT2D eigenvalue weighted by Gasteiger charge is 2.46. The monoisotopic (exact) mass is 751 g/mol. The van der Waals surface area contributed by atoms with E-state index in [9.17, 15) is 0 Å². The van der Waals surface area contributed by atoms with Gasteiger partial charge in [0.25, 0.3) is 0 Å². The summed E-state index contributed by atoms with van der Waals surface area (Å²) in [5, 5.41) is 7.11. The molecule has 12 rings (SSSR count). The summed E-state index contributed by atoms with van der Waals surface area (Å²) in [6.07, 6.45) is 0. The number of para-hydroxylation sites is 1. The number of nitrogens with zero attached hydrogens (tertiary/aromatic N) is 1. The predicted molar refractivity (Wildman–Crippen MR) is 246 cm³/mol. The molecule has 0 unspecified atom stereocenters. The summed E-state index contributed by atoms with van der Waals surface area (Å²) >= 11 is 0. The maximum atomic E-state index is 6.33. The Morgan fingerprint density at radius 2 is 0.898 bits per heavy atom. The fraction of sp³-hybridized carbons (Fsp3) is 0.0175. The normalized spacial score (nSPS) is 12.9. The molecule has 2 heteroatoms. The summed E-state index contributed by atoms with van der Waals surface area (Å²) in [5.74, 6) is 0. The highest BCUT2D eigenvalue weighted by molar-refractivity contribution is 6.07. The second-order valence-electron chi connectivity index (χ2n) is 15.6. The summed E-state index contributed by atoms with van der Waals surface area (Å²) in [4.78, 5) is 2.42. The molecule has 0 fully saturated rings. The molecule has 276 valence electrons. The molecule has 0 aliphatic heterocycles. The molecule has 1 aliphatic rings. The van der Waals surface area contributed by atoms with E-state index in [1.807, 2.05) is 12.1 Å². The third-order valence-corrected chi connectivity index (χ3v) is 12.5. The third-order valence-electron chi connectivity index (χ3n) is 12.5. The molecule has 0 saturated heterocycles. The summed E-state index contributed by atoms with van der Waals surface area (Å²) in [5.41, 5.74) is 14.6. The average Bonchev–Trinajstić information content (AvgIpc) is 3.82. The SMILES string of the molecule is c1ccc(C2(c3ccccc3)c3ccccc3-c3ccc(N(c4ccc5cc(-c6cccc7ccccc67)ccc5c4)c4ccc5oc6ccccc6c5c4)cc32)cc1. The first-order chi connectivity index (χ1) is 29.2. The van der Waals surface area contributed by atoms with E-state index in [0.29, 0.717) is 0 Å². The predicted octanol–water partition coefficient (Wildman–Crippen LogP) is 15.4. The minimum atomic E-state index is -0.512. The smallest absolute Gasteiger partial charge is 0.135 e. The maximum Gasteiger partial charge on any atom is 0.135 e. The molecule has 0 radical (unpaired) electrons. The van der Waals surface area contributed by atoms with Crippen LogP contribution in [0.2, 0.25) is 0 Å². The fourth-order valence-electron chi connectivity index (χ4n) is 9.89. The van der Waals surface area contributed by atoms with Crippen molar-refractivity contribution in [1.82, 2.24) is 0 Å². The van der Waals surface area contributed by atoms with Crippen molar-refractivity contribution in [2.45, 2.75) is 5.41 Å². The van der Waals surface area contributed by atoms with E-state index < -0.39 is 5.41 Å². The minimum Gasteiger partial charge on any atom is -0.456 e. The van der Waals surface area contributed by atoms with Crippen molar-refractivity contribution in [2.24, 2.45) is 0 Å². The number of hydrogen-bond donors (Lipinski definition) is 0. The lowest BCUT2D eigenvalue weighted by Crippen LogP contribution is -2.28. The van der Waals surface area contributed by atoms with E-state index in [0.717, 1.165) is 39.0 Å². The number of benzene rings is 10. The molecule has 0 amide bonds. The molecule has 1 heterocycles. The van der Waals surface area contributed by atoms with Crippen LogP contribution in [0, 0.1) is 0 Å². The van der Waals surface area contributed by atoms with Crippen LogP contribution in [0.4, 0.5) is 17.1 Å². The number of fused-ring (bicyclic) bond motifs is 8. The van der Waals surface area contributed by atoms with Gasteiger partial charge in [0.05, 0.1) is 5.41 Å². The quantitative estimate of drug-likeness (QED) is 0.168. The van der Waals surface area contributed by atoms with Crippen molar-refractivity contribution in [3.8, 4) is 22.3 Å². The molecular formula is C57H37NO. The van der Waals surface area contributed by atoms with Crippen LogP contribution in [0.15, 0.2) is 229 Å². The van der Waals surface area contributed by atoms with Crippen LogP contribution in [-0.4, -0.2) is 0 Å². The second kappa shape index (κ2) is 13.2. The van der Waals surface area contributed by atoms with Gasteiger partial charge < -0.3 is 9.32 Å². The third kappa shape index (κ3) is 5.13. The van der Waals surface area contributed by atoms with Crippen molar-refractivity contribution >= 4 is 60.5 Å². The van der Waals surface area contributed by atoms with E-state index in [-0.39, 0.29) is 0 Å². The van der Waals surface area contributed by atoms with Gasteiger partial charge in [-0.15, -0.1) is 0 Å². The van der Waals surface area contributed by atoms with Crippen LogP contribution in [0.25, 0.3) is 65.7 Å². The lowest BCUT2D eigenvalue weighted by Gasteiger charge is -2.35. The molecule has 0 bridgehead atoms. The Bertz CT molecular complexity index is 3350. The summed E-state index contributed by atoms with van der Waals surface area (Å²) in [6.45, 7) is 0. The zero-order valence-corrected chi connectivity index (χ0v) is 32.2. The van der Waals surface area contributed by atoms with Crippen molar-refractivity contribution in [1.29, 1.82) is 0 Å². The highest BCUT2D eigenvalue weighted by atomic mass is 16.3. The Morgan fingerprint density at radius 3 is 1.75 bits per heavy atom. The van der Waals surface area contributed by atoms with Gasteiger partial charge >= 0.3 is 0 Å². The molecule has 11 aromatic rings. The fourth-order valence-corrected chi connectivity index (χ4v) is 9.89. The Hall–Kier alpha value is -7.68. The Balaban J connectivity index is 1.08. The van der Waals surface area contributed by atoms with Crippen molar-refractivity contribution in [2.75, 3.05) is 4.90 Å². The van der Waals surface area contributed by atoms with Crippen LogP contribution in [0.5, 0.6) is 0 Å². The van der Waals surface area contributed by atoms with Crippen molar-refractivity contribution in [3.63, 3.8) is 0 Å². The molecule has 0 saturated carbocycles. The van der Waals surface area contributed by atoms with E-state index in [1.54, 1.807) is 0 Å². The first kappa shape index (κ1) is 33.5. The Labute approximate surface area is 342 Å². The zero-order chi connectivity index (χ0) is 38.9. The second-order valence-corrected chi connectivity index (χ2v) is 15.6. The Morgan fingerprint density at radius 1 is 0.322 bits per heavy atom. The van der Waals surface area contributed by atoms with E-state index in [2.05, 4.69) is 217 Å². The van der Waals surface area contributed by atoms with Gasteiger partial charge in [0.1, 0.15) is 11.2 Å². The van der Waals surface area contributed by atoms with Crippen LogP contribution in [0.1, 0.15) is 22.3 Å². The van der Waals surface area contributed by atoms with Gasteiger partial charge in [-0.05, 0) is 121 Å². The molecule has 0 spiro atoms. The number of rotatable bonds is 6. The summed E-state index contributed by atoms with van der Waals surface area (Å²) < 4.78 is 6.33. The summed E-state index contributed by atoms with van der Waals surface area (Å²) in [7, 11) is 0. The van der Waals surface area contributed by atoms with Gasteiger partial charge in [0, 0.05) is 27.8 Å². The average molecular weight is 752 g/mol. The van der Waals surface area contributed by atoms with Crippen molar-refractivity contribution in [3.05, 3.63) is 247 Å². The van der Waals surface area contributed by atoms with Crippen LogP contribution >= 0.6 is 0 Å². The molecule has 1 aromatic heterocycles. The van der Waals surface area contributed by atoms with Crippen molar-refractivity contribution < 1.29 is 4.42 Å². The van der Waals surface area contributed by atoms with Gasteiger partial charge in [-0.25, -0.2) is 0 Å². The standard InChI is InChI=1S/C57H37NO/c1-3-16-42(17-4-1)57(43-18-5-2-6-19-43)53-24-11-9-21-49(53)50-32-30-46(37-54(50)57)58(45-31-33-56-52(36-45)51-22-10-12-25-55(51)59-56)44-29-28-39-34-41(27-26-40(39)35-44)48-23-13-15-38-14-7-8-20-47(38)48/h1-37H. The van der Waals surface area contributed by atoms with Crippen LogP contribution in [0.3, 0.4) is 0 Å². The zero-order valence-electron chi connectivity index (χ0n) is 32.2. The van der Waals surface area contributed by atoms with E-state index in [1.165, 1.54) is 66.1 Å². The Kier molecular flexibility index (Phi) is 7.48. The largest absolute Gasteiger partial charge is 0.456 e. The molecule has 59 heavy (non-hydrogen) atoms. The van der Waals surface area contributed by atoms with Crippen LogP contribution < -0.4 is 4.90 Å². The summed E-state index contributed by atoms with van der Waals surface area (Å²) in [6, 6.07) is 82.0. The van der Waals surface area contributed by atoms with E-state index >= 15 is 0 Å². The molecule has 0 atom stereocenters. The van der Waals surface area contributed by atoms with Gasteiger partial charge in [-0.3, -0.25) is 0 Å². The molecular weight excluding hydrogens is 715 g/mol. The first-order valence-corrected chi connectivity index (χ1v) is 20.3. The van der Waals surface area contributed by atoms with E-state index in [4.69, 9.17) is 4.42 Å². The van der Waals surface area contributed by atoms with Crippen LogP contribution in [-0.2, 0) is 5.41 Å². The molecule has 1 aliphatic carbocycles. The number of furan rings is 1. The molecule has 0 N–H and O–H groups in total. The first-order valence-electron chi connectivity index (χ1n) is 20.3. The number of hydrogen-bond acceptors (Lipinski definition) is 2. The lowest BCUT2D eigenvalue weighted by atomic mass is 9.67. The highest BCUT2D eigenvalue weighted by Crippen LogP contribution is 2.57. The van der Waals surface area contributed by atoms with Gasteiger partial charge in [0.15, 0.2) is 0 Å². The lowest BCUT2D eigenvalue weighted by molar-refractivity contribution is 0.669. The number of anilines is 3. The van der Waals surface area contributed by atoms with Gasteiger partial charge in [-0.1, -0.05) is 170 Å². The van der Waals surface area contributed by atoms with Gasteiger partial charge in [-0.2, -0.15) is 0 Å². The molecule has 10 aromatic carbocycles.